The molecule has 3 N–H and O–H groups in total. The van der Waals surface area contributed by atoms with Gasteiger partial charge in [0.15, 0.2) is 5.78 Å². The Bertz CT molecular complexity index is 1020. The molecule has 0 saturated carbocycles. The van der Waals surface area contributed by atoms with Gasteiger partial charge in [-0.1, -0.05) is 23.7 Å². The lowest BCUT2D eigenvalue weighted by molar-refractivity contribution is 0.0683. The Kier molecular flexibility index (Phi) is 3.90. The third kappa shape index (κ3) is 2.47. The molecule has 0 saturated heterocycles. The first kappa shape index (κ1) is 16.2. The number of carbonyl (C=O) groups is 3. The van der Waals surface area contributed by atoms with E-state index in [4.69, 9.17) is 11.6 Å². The van der Waals surface area contributed by atoms with Crippen LogP contribution in [-0.4, -0.2) is 32.9 Å². The molecule has 0 radical (unpaired) electrons. The quantitative estimate of drug-likeness (QED) is 0.611. The maximum atomic E-state index is 12.8. The fourth-order valence-corrected chi connectivity index (χ4v) is 3.82. The fraction of sp³-hybridized carbons (Fsp3) is 0.0625. The second-order valence-corrected chi connectivity index (χ2v) is 6.54. The number of aromatic carboxylic acids is 2. The summed E-state index contributed by atoms with van der Waals surface area (Å²) in [6, 6.07) is 6.15. The number of ketones is 1. The molecule has 2 heterocycles. The van der Waals surface area contributed by atoms with Crippen LogP contribution in [0.4, 0.5) is 0 Å². The number of carbonyl (C=O) groups excluding carboxylic acids is 1. The van der Waals surface area contributed by atoms with Crippen molar-refractivity contribution in [1.29, 1.82) is 0 Å². The van der Waals surface area contributed by atoms with E-state index in [1.165, 1.54) is 12.1 Å². The van der Waals surface area contributed by atoms with Crippen molar-refractivity contribution >= 4 is 50.9 Å². The number of carboxylic acid groups (broad SMARTS) is 2. The minimum absolute atomic E-state index is 0.0546. The van der Waals surface area contributed by atoms with Gasteiger partial charge in [0, 0.05) is 16.0 Å². The van der Waals surface area contributed by atoms with Gasteiger partial charge in [0.25, 0.3) is 0 Å². The first-order valence-corrected chi connectivity index (χ1v) is 7.92. The van der Waals surface area contributed by atoms with Crippen molar-refractivity contribution in [2.24, 2.45) is 0 Å². The Hall–Kier alpha value is -2.64. The maximum Gasteiger partial charge on any atom is 0.353 e. The fourth-order valence-electron chi connectivity index (χ4n) is 2.57. The number of benzene rings is 1. The number of fused-ring (bicyclic) bond motifs is 1. The lowest BCUT2D eigenvalue weighted by Crippen LogP contribution is -2.09. The number of nitrogens with one attached hydrogen (secondary N) is 1. The number of rotatable bonds is 4. The molecule has 0 fully saturated rings. The minimum Gasteiger partial charge on any atom is -0.477 e. The van der Waals surface area contributed by atoms with Gasteiger partial charge in [-0.2, -0.15) is 0 Å². The number of hydrogen-bond donors (Lipinski definition) is 3. The van der Waals surface area contributed by atoms with Crippen LogP contribution < -0.4 is 0 Å². The lowest BCUT2D eigenvalue weighted by Gasteiger charge is -2.03. The molecule has 0 aliphatic carbocycles. The van der Waals surface area contributed by atoms with Crippen LogP contribution in [0.5, 0.6) is 0 Å². The summed E-state index contributed by atoms with van der Waals surface area (Å²) in [4.78, 5) is 38.7. The normalized spacial score (nSPS) is 10.9. The summed E-state index contributed by atoms with van der Waals surface area (Å²) in [5, 5.41) is 19.3. The number of carboxylic acids is 2. The molecule has 0 aliphatic heterocycles. The van der Waals surface area contributed by atoms with Crippen LogP contribution in [0.15, 0.2) is 24.3 Å². The van der Waals surface area contributed by atoms with E-state index in [2.05, 4.69) is 4.98 Å². The third-order valence-electron chi connectivity index (χ3n) is 3.61. The molecule has 6 nitrogen and oxygen atoms in total. The average Bonchev–Trinajstić information content (AvgIpc) is 3.04. The lowest BCUT2D eigenvalue weighted by atomic mass is 9.99. The van der Waals surface area contributed by atoms with Gasteiger partial charge in [0.2, 0.25) is 0 Å². The summed E-state index contributed by atoms with van der Waals surface area (Å²) in [5.41, 5.74) is 0.271. The smallest absolute Gasteiger partial charge is 0.353 e. The second kappa shape index (κ2) is 5.77. The summed E-state index contributed by atoms with van der Waals surface area (Å²) in [6.45, 7) is 1.55. The molecule has 2 aromatic heterocycles. The summed E-state index contributed by atoms with van der Waals surface area (Å²) in [5.74, 6) is -2.95. The van der Waals surface area contributed by atoms with E-state index < -0.39 is 17.7 Å². The maximum absolute atomic E-state index is 12.8. The van der Waals surface area contributed by atoms with E-state index in [0.717, 1.165) is 11.3 Å². The highest BCUT2D eigenvalue weighted by Gasteiger charge is 2.28. The molecule has 3 aromatic rings. The summed E-state index contributed by atoms with van der Waals surface area (Å²) >= 11 is 6.80. The molecule has 0 atom stereocenters. The molecule has 0 unspecified atom stereocenters. The molecule has 3 rings (SSSR count). The zero-order valence-electron chi connectivity index (χ0n) is 12.2. The van der Waals surface area contributed by atoms with E-state index in [1.807, 2.05) is 0 Å². The molecular formula is C16H10ClNO5S. The minimum atomic E-state index is -1.29. The molecule has 8 heteroatoms. The van der Waals surface area contributed by atoms with Crippen LogP contribution in [0, 0.1) is 6.92 Å². The van der Waals surface area contributed by atoms with Crippen LogP contribution in [-0.2, 0) is 0 Å². The predicted octanol–water partition coefficient (Wildman–Crippen LogP) is 3.82. The molecule has 0 amide bonds. The number of halogens is 1. The molecule has 122 valence electrons. The second-order valence-electron chi connectivity index (χ2n) is 5.09. The predicted molar refractivity (Wildman–Crippen MR) is 89.7 cm³/mol. The molecule has 0 aliphatic rings. The van der Waals surface area contributed by atoms with Crippen molar-refractivity contribution in [2.75, 3.05) is 0 Å². The van der Waals surface area contributed by atoms with Gasteiger partial charge in [0.1, 0.15) is 15.4 Å². The van der Waals surface area contributed by atoms with Gasteiger partial charge < -0.3 is 15.2 Å². The van der Waals surface area contributed by atoms with Crippen molar-refractivity contribution in [3.05, 3.63) is 56.5 Å². The highest BCUT2D eigenvalue weighted by molar-refractivity contribution is 7.20. The molecule has 1 aromatic carbocycles. The Morgan fingerprint density at radius 2 is 1.88 bits per heavy atom. The van der Waals surface area contributed by atoms with Gasteiger partial charge in [-0.3, -0.25) is 4.79 Å². The number of aromatic nitrogens is 1. The Morgan fingerprint density at radius 1 is 1.17 bits per heavy atom. The largest absolute Gasteiger partial charge is 0.477 e. The van der Waals surface area contributed by atoms with Crippen LogP contribution in [0.3, 0.4) is 0 Å². The van der Waals surface area contributed by atoms with Crippen LogP contribution in [0.2, 0.25) is 5.02 Å². The Balaban J connectivity index is 2.31. The molecule has 0 bridgehead atoms. The number of H-pyrrole nitrogens is 1. The van der Waals surface area contributed by atoms with Crippen LogP contribution >= 0.6 is 22.9 Å². The van der Waals surface area contributed by atoms with E-state index in [-0.39, 0.29) is 21.7 Å². The van der Waals surface area contributed by atoms with E-state index >= 15 is 0 Å². The van der Waals surface area contributed by atoms with Crippen molar-refractivity contribution < 1.29 is 24.6 Å². The number of aromatic amines is 1. The monoisotopic (exact) mass is 363 g/mol. The van der Waals surface area contributed by atoms with Crippen LogP contribution in [0.25, 0.3) is 10.2 Å². The van der Waals surface area contributed by atoms with Crippen molar-refractivity contribution in [3.63, 3.8) is 0 Å². The van der Waals surface area contributed by atoms with Gasteiger partial charge >= 0.3 is 11.9 Å². The van der Waals surface area contributed by atoms with Crippen molar-refractivity contribution in [2.45, 2.75) is 6.92 Å². The summed E-state index contributed by atoms with van der Waals surface area (Å²) in [7, 11) is 0. The Labute approximate surface area is 144 Å². The average molecular weight is 364 g/mol. The van der Waals surface area contributed by atoms with E-state index in [0.29, 0.717) is 20.8 Å². The summed E-state index contributed by atoms with van der Waals surface area (Å²) in [6.07, 6.45) is 0. The van der Waals surface area contributed by atoms with Gasteiger partial charge in [-0.25, -0.2) is 9.59 Å². The van der Waals surface area contributed by atoms with Crippen molar-refractivity contribution in [1.82, 2.24) is 4.98 Å². The van der Waals surface area contributed by atoms with Crippen LogP contribution in [0.1, 0.15) is 41.6 Å². The highest BCUT2D eigenvalue weighted by atomic mass is 35.5. The number of aryl methyl sites for hydroxylation is 1. The number of thiophene rings is 1. The van der Waals surface area contributed by atoms with E-state index in [9.17, 15) is 24.6 Å². The van der Waals surface area contributed by atoms with Gasteiger partial charge in [-0.05, 0) is 24.6 Å². The molecule has 24 heavy (non-hydrogen) atoms. The highest BCUT2D eigenvalue weighted by Crippen LogP contribution is 2.36. The number of hydrogen-bond acceptors (Lipinski definition) is 4. The first-order chi connectivity index (χ1) is 11.3. The van der Waals surface area contributed by atoms with Crippen molar-refractivity contribution in [3.8, 4) is 0 Å². The molecular weight excluding hydrogens is 354 g/mol. The van der Waals surface area contributed by atoms with Gasteiger partial charge in [-0.15, -0.1) is 11.3 Å². The van der Waals surface area contributed by atoms with Gasteiger partial charge in [0.05, 0.1) is 5.56 Å². The standard InChI is InChI=1S/C16H10ClNO5S/c1-6-9-10(12(19)7-3-2-4-8(17)5-7)11(15(20)21)18-14(9)24-13(6)16(22)23/h2-5,18H,1H3,(H,20,21)(H,22,23). The topological polar surface area (TPSA) is 107 Å². The molecule has 0 spiro atoms. The third-order valence-corrected chi connectivity index (χ3v) is 5.04. The summed E-state index contributed by atoms with van der Waals surface area (Å²) < 4.78 is 0. The SMILES string of the molecule is Cc1c(C(=O)O)sc2[nH]c(C(=O)O)c(C(=O)c3cccc(Cl)c3)c12. The zero-order valence-corrected chi connectivity index (χ0v) is 13.8. The van der Waals surface area contributed by atoms with E-state index in [1.54, 1.807) is 19.1 Å². The Morgan fingerprint density at radius 3 is 2.46 bits per heavy atom. The first-order valence-electron chi connectivity index (χ1n) is 6.73. The zero-order chi connectivity index (χ0) is 17.6.